The van der Waals surface area contributed by atoms with E-state index in [0.29, 0.717) is 0 Å². The number of likely N-dealkylation sites (N-methyl/N-ethyl adjacent to an activating group) is 1. The van der Waals surface area contributed by atoms with Crippen LogP contribution in [0.25, 0.3) is 10.8 Å². The average Bonchev–Trinajstić information content (AvgIpc) is 3.04. The highest BCUT2D eigenvalue weighted by molar-refractivity contribution is 7.16. The fourth-order valence-electron chi connectivity index (χ4n) is 4.14. The van der Waals surface area contributed by atoms with Crippen LogP contribution >= 0.6 is 11.3 Å². The summed E-state index contributed by atoms with van der Waals surface area (Å²) < 4.78 is 5.63. The number of hydrogen-bond acceptors (Lipinski definition) is 5. The first kappa shape index (κ1) is 16.6. The summed E-state index contributed by atoms with van der Waals surface area (Å²) in [4.78, 5) is 16.6. The van der Waals surface area contributed by atoms with Gasteiger partial charge in [-0.25, -0.2) is 0 Å². The Labute approximate surface area is 161 Å². The van der Waals surface area contributed by atoms with Gasteiger partial charge in [0.1, 0.15) is 16.9 Å². The van der Waals surface area contributed by atoms with Crippen LogP contribution in [0.15, 0.2) is 36.4 Å². The number of amides is 1. The third-order valence-electron chi connectivity index (χ3n) is 5.46. The zero-order chi connectivity index (χ0) is 18.5. The fraction of sp³-hybridized carbons (Fsp3) is 0.286. The molecule has 6 heteroatoms. The maximum Gasteiger partial charge on any atom is 0.256 e. The summed E-state index contributed by atoms with van der Waals surface area (Å²) >= 11 is 1.71. The van der Waals surface area contributed by atoms with E-state index in [1.807, 2.05) is 24.3 Å². The van der Waals surface area contributed by atoms with Crippen molar-refractivity contribution in [2.45, 2.75) is 19.1 Å². The van der Waals surface area contributed by atoms with Crippen molar-refractivity contribution in [2.75, 3.05) is 26.0 Å². The number of rotatable bonds is 2. The number of nitrogens with one attached hydrogen (secondary N) is 2. The largest absolute Gasteiger partial charge is 0.496 e. The van der Waals surface area contributed by atoms with Crippen LogP contribution in [0, 0.1) is 0 Å². The van der Waals surface area contributed by atoms with Crippen molar-refractivity contribution in [3.63, 3.8) is 0 Å². The van der Waals surface area contributed by atoms with Crippen LogP contribution in [-0.4, -0.2) is 31.5 Å². The maximum absolute atomic E-state index is 13.0. The van der Waals surface area contributed by atoms with E-state index in [1.165, 1.54) is 10.4 Å². The maximum atomic E-state index is 13.0. The van der Waals surface area contributed by atoms with Gasteiger partial charge in [-0.3, -0.25) is 4.79 Å². The number of thiophene rings is 1. The van der Waals surface area contributed by atoms with Crippen LogP contribution in [0.4, 0.5) is 5.00 Å². The number of nitrogens with zero attached hydrogens (tertiary/aromatic N) is 1. The normalized spacial score (nSPS) is 19.2. The predicted molar refractivity (Wildman–Crippen MR) is 109 cm³/mol. The molecule has 1 unspecified atom stereocenters. The topological polar surface area (TPSA) is 53.6 Å². The lowest BCUT2D eigenvalue weighted by molar-refractivity contribution is 0.0934. The third kappa shape index (κ3) is 2.59. The molecule has 27 heavy (non-hydrogen) atoms. The fourth-order valence-corrected chi connectivity index (χ4v) is 5.49. The highest BCUT2D eigenvalue weighted by Crippen LogP contribution is 2.42. The van der Waals surface area contributed by atoms with Crippen LogP contribution in [0.2, 0.25) is 0 Å². The number of methoxy groups -OCH3 is 1. The van der Waals surface area contributed by atoms with Crippen LogP contribution in [0.3, 0.4) is 0 Å². The van der Waals surface area contributed by atoms with Crippen molar-refractivity contribution in [2.24, 2.45) is 0 Å². The molecule has 3 aromatic rings. The van der Waals surface area contributed by atoms with Crippen LogP contribution in [-0.2, 0) is 13.0 Å². The number of carbonyl (C=O) groups is 1. The number of ether oxygens (including phenoxy) is 1. The Balaban J connectivity index is 1.62. The molecule has 0 aliphatic carbocycles. The number of carbonyl (C=O) groups excluding carboxylic acids is 1. The molecule has 5 rings (SSSR count). The Hall–Kier alpha value is -2.57. The molecule has 2 aliphatic heterocycles. The van der Waals surface area contributed by atoms with Crippen molar-refractivity contribution in [1.29, 1.82) is 0 Å². The van der Waals surface area contributed by atoms with Crippen LogP contribution < -0.4 is 15.4 Å². The summed E-state index contributed by atoms with van der Waals surface area (Å²) in [7, 11) is 3.79. The number of anilines is 1. The summed E-state index contributed by atoms with van der Waals surface area (Å²) in [6.07, 6.45) is 0.610. The van der Waals surface area contributed by atoms with Gasteiger partial charge in [0.15, 0.2) is 0 Å². The molecule has 3 heterocycles. The van der Waals surface area contributed by atoms with Crippen molar-refractivity contribution < 1.29 is 9.53 Å². The molecule has 0 bridgehead atoms. The summed E-state index contributed by atoms with van der Waals surface area (Å²) in [6, 6.07) is 12.2. The Bertz CT molecular complexity index is 1060. The Morgan fingerprint density at radius 3 is 2.89 bits per heavy atom. The summed E-state index contributed by atoms with van der Waals surface area (Å²) in [5.41, 5.74) is 3.01. The van der Waals surface area contributed by atoms with Gasteiger partial charge in [0, 0.05) is 23.5 Å². The molecule has 138 valence electrons. The quantitative estimate of drug-likeness (QED) is 0.712. The van der Waals surface area contributed by atoms with Gasteiger partial charge in [-0.05, 0) is 35.9 Å². The minimum atomic E-state index is -0.316. The minimum Gasteiger partial charge on any atom is -0.496 e. The zero-order valence-corrected chi connectivity index (χ0v) is 16.2. The van der Waals surface area contributed by atoms with E-state index in [-0.39, 0.29) is 12.1 Å². The van der Waals surface area contributed by atoms with Crippen LogP contribution in [0.1, 0.15) is 32.5 Å². The van der Waals surface area contributed by atoms with Gasteiger partial charge in [-0.15, -0.1) is 11.3 Å². The molecule has 0 radical (unpaired) electrons. The van der Waals surface area contributed by atoms with Crippen molar-refractivity contribution >= 4 is 33.0 Å². The van der Waals surface area contributed by atoms with E-state index >= 15 is 0 Å². The highest BCUT2D eigenvalue weighted by atomic mass is 32.1. The van der Waals surface area contributed by atoms with Crippen LogP contribution in [0.5, 0.6) is 5.75 Å². The first-order valence-corrected chi connectivity index (χ1v) is 9.93. The average molecular weight is 379 g/mol. The predicted octanol–water partition coefficient (Wildman–Crippen LogP) is 3.75. The molecule has 0 fully saturated rings. The molecular formula is C21H21N3O2S. The van der Waals surface area contributed by atoms with Gasteiger partial charge in [-0.1, -0.05) is 30.3 Å². The molecule has 2 aliphatic rings. The van der Waals surface area contributed by atoms with Gasteiger partial charge in [0.2, 0.25) is 0 Å². The van der Waals surface area contributed by atoms with Crippen molar-refractivity contribution in [3.05, 3.63) is 58.0 Å². The van der Waals surface area contributed by atoms with Gasteiger partial charge in [0.05, 0.1) is 12.7 Å². The number of fused-ring (bicyclic) bond motifs is 4. The number of hydrogen-bond donors (Lipinski definition) is 2. The van der Waals surface area contributed by atoms with Gasteiger partial charge in [0.25, 0.3) is 5.91 Å². The minimum absolute atomic E-state index is 0.00536. The molecule has 0 saturated heterocycles. The monoisotopic (exact) mass is 379 g/mol. The van der Waals surface area contributed by atoms with Crippen molar-refractivity contribution in [3.8, 4) is 5.75 Å². The Morgan fingerprint density at radius 2 is 2.04 bits per heavy atom. The molecule has 1 aromatic heterocycles. The molecule has 1 atom stereocenters. The third-order valence-corrected chi connectivity index (χ3v) is 6.61. The summed E-state index contributed by atoms with van der Waals surface area (Å²) in [5.74, 6) is 0.779. The molecule has 0 spiro atoms. The summed E-state index contributed by atoms with van der Waals surface area (Å²) in [6.45, 7) is 1.90. The SMILES string of the molecule is COc1ccc2ccccc2c1C1NC(=O)c2c(sc3c2CCN(C)C3)N1. The van der Waals surface area contributed by atoms with Gasteiger partial charge in [-0.2, -0.15) is 0 Å². The van der Waals surface area contributed by atoms with Crippen molar-refractivity contribution in [1.82, 2.24) is 10.2 Å². The Kier molecular flexibility index (Phi) is 3.84. The molecule has 2 N–H and O–H groups in total. The van der Waals surface area contributed by atoms with E-state index in [4.69, 9.17) is 4.74 Å². The summed E-state index contributed by atoms with van der Waals surface area (Å²) in [5, 5.41) is 9.92. The lowest BCUT2D eigenvalue weighted by Crippen LogP contribution is -2.39. The molecular weight excluding hydrogens is 358 g/mol. The zero-order valence-electron chi connectivity index (χ0n) is 15.3. The van der Waals surface area contributed by atoms with E-state index in [9.17, 15) is 4.79 Å². The smallest absolute Gasteiger partial charge is 0.256 e. The van der Waals surface area contributed by atoms with Gasteiger partial charge < -0.3 is 20.3 Å². The van der Waals surface area contributed by atoms with Gasteiger partial charge >= 0.3 is 0 Å². The second kappa shape index (κ2) is 6.25. The van der Waals surface area contributed by atoms with E-state index < -0.39 is 0 Å². The molecule has 2 aromatic carbocycles. The second-order valence-electron chi connectivity index (χ2n) is 7.15. The second-order valence-corrected chi connectivity index (χ2v) is 8.25. The first-order chi connectivity index (χ1) is 13.2. The first-order valence-electron chi connectivity index (χ1n) is 9.12. The molecule has 1 amide bonds. The van der Waals surface area contributed by atoms with E-state index in [2.05, 4.69) is 34.7 Å². The highest BCUT2D eigenvalue weighted by Gasteiger charge is 2.34. The number of benzene rings is 2. The lowest BCUT2D eigenvalue weighted by atomic mass is 9.98. The lowest BCUT2D eigenvalue weighted by Gasteiger charge is -2.29. The molecule has 0 saturated carbocycles. The Morgan fingerprint density at radius 1 is 1.19 bits per heavy atom. The standard InChI is InChI=1S/C21H21N3O2S/c1-24-10-9-14-16(11-24)27-21-18(14)20(25)22-19(23-21)17-13-6-4-3-5-12(13)7-8-15(17)26-2/h3-8,19,23H,9-11H2,1-2H3,(H,22,25). The van der Waals surface area contributed by atoms with E-state index in [1.54, 1.807) is 18.4 Å². The molecule has 5 nitrogen and oxygen atoms in total. The van der Waals surface area contributed by atoms with E-state index in [0.717, 1.165) is 52.2 Å².